The van der Waals surface area contributed by atoms with E-state index < -0.39 is 17.7 Å². The van der Waals surface area contributed by atoms with Crippen molar-refractivity contribution in [1.82, 2.24) is 0 Å². The Morgan fingerprint density at radius 1 is 1.20 bits per heavy atom. The third-order valence-corrected chi connectivity index (χ3v) is 3.09. The first-order chi connectivity index (χ1) is 9.47. The van der Waals surface area contributed by atoms with Gasteiger partial charge >= 0.3 is 0 Å². The second kappa shape index (κ2) is 6.20. The van der Waals surface area contributed by atoms with Gasteiger partial charge in [-0.3, -0.25) is 0 Å². The Hall–Kier alpha value is -1.65. The van der Waals surface area contributed by atoms with Crippen LogP contribution in [0.2, 0.25) is 5.02 Å². The van der Waals surface area contributed by atoms with Gasteiger partial charge in [-0.15, -0.1) is 0 Å². The summed E-state index contributed by atoms with van der Waals surface area (Å²) in [6, 6.07) is 8.13. The van der Waals surface area contributed by atoms with Crippen molar-refractivity contribution in [2.75, 3.05) is 0 Å². The summed E-state index contributed by atoms with van der Waals surface area (Å²) in [4.78, 5) is 0. The summed E-state index contributed by atoms with van der Waals surface area (Å²) in [7, 11) is 0. The molecule has 0 spiro atoms. The van der Waals surface area contributed by atoms with Crippen LogP contribution < -0.4 is 4.74 Å². The van der Waals surface area contributed by atoms with E-state index in [1.807, 2.05) is 0 Å². The average molecular weight is 299 g/mol. The van der Waals surface area contributed by atoms with Crippen LogP contribution in [0.25, 0.3) is 0 Å². The second-order valence-corrected chi connectivity index (χ2v) is 4.80. The van der Waals surface area contributed by atoms with Crippen LogP contribution in [0, 0.1) is 11.6 Å². The van der Waals surface area contributed by atoms with Gasteiger partial charge in [-0.25, -0.2) is 8.78 Å². The zero-order chi connectivity index (χ0) is 14.7. The van der Waals surface area contributed by atoms with Gasteiger partial charge in [0, 0.05) is 11.6 Å². The monoisotopic (exact) mass is 298 g/mol. The minimum Gasteiger partial charge on any atom is -0.488 e. The van der Waals surface area contributed by atoms with E-state index in [-0.39, 0.29) is 17.4 Å². The third kappa shape index (κ3) is 3.46. The second-order valence-electron chi connectivity index (χ2n) is 4.40. The molecule has 0 saturated carbocycles. The van der Waals surface area contributed by atoms with Crippen LogP contribution in [-0.4, -0.2) is 5.11 Å². The minimum atomic E-state index is -0.776. The summed E-state index contributed by atoms with van der Waals surface area (Å²) in [5, 5.41) is 9.60. The summed E-state index contributed by atoms with van der Waals surface area (Å²) in [5.74, 6) is -0.715. The van der Waals surface area contributed by atoms with Crippen LogP contribution in [0.15, 0.2) is 36.4 Å². The van der Waals surface area contributed by atoms with Crippen LogP contribution in [-0.2, 0) is 6.61 Å². The fourth-order valence-electron chi connectivity index (χ4n) is 1.77. The molecule has 0 radical (unpaired) electrons. The van der Waals surface area contributed by atoms with Crippen molar-refractivity contribution < 1.29 is 18.6 Å². The molecule has 0 saturated heterocycles. The van der Waals surface area contributed by atoms with E-state index >= 15 is 0 Å². The molecule has 5 heteroatoms. The van der Waals surface area contributed by atoms with Crippen LogP contribution in [0.3, 0.4) is 0 Å². The first kappa shape index (κ1) is 14.8. The highest BCUT2D eigenvalue weighted by Crippen LogP contribution is 2.27. The first-order valence-electron chi connectivity index (χ1n) is 6.01. The molecule has 20 heavy (non-hydrogen) atoms. The largest absolute Gasteiger partial charge is 0.488 e. The fraction of sp³-hybridized carbons (Fsp3) is 0.200. The van der Waals surface area contributed by atoms with Crippen LogP contribution >= 0.6 is 11.6 Å². The summed E-state index contributed by atoms with van der Waals surface area (Å²) >= 11 is 5.67. The molecule has 0 heterocycles. The lowest BCUT2D eigenvalue weighted by molar-refractivity contribution is 0.190. The van der Waals surface area contributed by atoms with Gasteiger partial charge in [0.05, 0.1) is 11.1 Å². The summed E-state index contributed by atoms with van der Waals surface area (Å²) in [6.07, 6.45) is -0.776. The maximum atomic E-state index is 13.2. The van der Waals surface area contributed by atoms with Crippen molar-refractivity contribution in [3.63, 3.8) is 0 Å². The van der Waals surface area contributed by atoms with Crippen LogP contribution in [0.4, 0.5) is 8.78 Å². The van der Waals surface area contributed by atoms with E-state index in [9.17, 15) is 13.9 Å². The third-order valence-electron chi connectivity index (χ3n) is 2.80. The number of halogens is 3. The maximum Gasteiger partial charge on any atom is 0.141 e. The molecule has 0 fully saturated rings. The van der Waals surface area contributed by atoms with Crippen molar-refractivity contribution in [3.8, 4) is 5.75 Å². The number of hydrogen-bond donors (Lipinski definition) is 1. The van der Waals surface area contributed by atoms with E-state index in [0.29, 0.717) is 11.1 Å². The highest BCUT2D eigenvalue weighted by atomic mass is 35.5. The molecular weight excluding hydrogens is 286 g/mol. The van der Waals surface area contributed by atoms with E-state index in [2.05, 4.69) is 0 Å². The molecule has 2 aromatic rings. The SMILES string of the molecule is CC(O)c1ccc(F)cc1OCc1ccc(F)c(Cl)c1. The molecule has 2 aromatic carbocycles. The van der Waals surface area contributed by atoms with E-state index in [1.165, 1.54) is 36.4 Å². The molecule has 0 amide bonds. The topological polar surface area (TPSA) is 29.5 Å². The Morgan fingerprint density at radius 3 is 2.60 bits per heavy atom. The Morgan fingerprint density at radius 2 is 1.95 bits per heavy atom. The molecule has 106 valence electrons. The van der Waals surface area contributed by atoms with Crippen LogP contribution in [0.5, 0.6) is 5.75 Å². The van der Waals surface area contributed by atoms with Gasteiger partial charge in [0.1, 0.15) is 24.0 Å². The highest BCUT2D eigenvalue weighted by molar-refractivity contribution is 6.30. The highest BCUT2D eigenvalue weighted by Gasteiger charge is 2.11. The molecule has 2 rings (SSSR count). The van der Waals surface area contributed by atoms with Gasteiger partial charge in [-0.05, 0) is 36.8 Å². The molecule has 2 nitrogen and oxygen atoms in total. The maximum absolute atomic E-state index is 13.2. The van der Waals surface area contributed by atoms with Crippen molar-refractivity contribution in [2.45, 2.75) is 19.6 Å². The molecule has 0 bridgehead atoms. The number of ether oxygens (including phenoxy) is 1. The van der Waals surface area contributed by atoms with Crippen molar-refractivity contribution in [3.05, 3.63) is 64.2 Å². The molecule has 0 aliphatic carbocycles. The van der Waals surface area contributed by atoms with Crippen LogP contribution in [0.1, 0.15) is 24.2 Å². The lowest BCUT2D eigenvalue weighted by Gasteiger charge is -2.13. The normalized spacial score (nSPS) is 12.2. The van der Waals surface area contributed by atoms with Gasteiger partial charge in [0.15, 0.2) is 0 Å². The molecule has 1 unspecified atom stereocenters. The minimum absolute atomic E-state index is 0.00101. The van der Waals surface area contributed by atoms with E-state index in [4.69, 9.17) is 16.3 Å². The van der Waals surface area contributed by atoms with Gasteiger partial charge in [0.25, 0.3) is 0 Å². The standard InChI is InChI=1S/C15H13ClF2O2/c1-9(19)12-4-3-11(17)7-15(12)20-8-10-2-5-14(18)13(16)6-10/h2-7,9,19H,8H2,1H3. The Labute approximate surface area is 120 Å². The molecular formula is C15H13ClF2O2. The Balaban J connectivity index is 2.17. The summed E-state index contributed by atoms with van der Waals surface area (Å²) in [5.41, 5.74) is 1.14. The van der Waals surface area contributed by atoms with Crippen molar-refractivity contribution >= 4 is 11.6 Å². The van der Waals surface area contributed by atoms with Gasteiger partial charge < -0.3 is 9.84 Å². The number of aliphatic hydroxyl groups excluding tert-OH is 1. The lowest BCUT2D eigenvalue weighted by Crippen LogP contribution is -2.02. The number of aliphatic hydroxyl groups is 1. The number of benzene rings is 2. The zero-order valence-electron chi connectivity index (χ0n) is 10.7. The van der Waals surface area contributed by atoms with Gasteiger partial charge in [-0.1, -0.05) is 17.7 Å². The molecule has 1 atom stereocenters. The number of hydrogen-bond acceptors (Lipinski definition) is 2. The fourth-order valence-corrected chi connectivity index (χ4v) is 1.97. The average Bonchev–Trinajstić information content (AvgIpc) is 2.40. The Bertz CT molecular complexity index is 615. The van der Waals surface area contributed by atoms with E-state index in [0.717, 1.165) is 0 Å². The molecule has 1 N–H and O–H groups in total. The molecule has 0 aliphatic rings. The lowest BCUT2D eigenvalue weighted by atomic mass is 10.1. The summed E-state index contributed by atoms with van der Waals surface area (Å²) in [6.45, 7) is 1.66. The summed E-state index contributed by atoms with van der Waals surface area (Å²) < 4.78 is 31.7. The van der Waals surface area contributed by atoms with Gasteiger partial charge in [-0.2, -0.15) is 0 Å². The molecule has 0 aromatic heterocycles. The van der Waals surface area contributed by atoms with E-state index in [1.54, 1.807) is 6.92 Å². The predicted molar refractivity (Wildman–Crippen MR) is 72.8 cm³/mol. The van der Waals surface area contributed by atoms with Crippen molar-refractivity contribution in [2.24, 2.45) is 0 Å². The quantitative estimate of drug-likeness (QED) is 0.914. The zero-order valence-corrected chi connectivity index (χ0v) is 11.5. The number of rotatable bonds is 4. The first-order valence-corrected chi connectivity index (χ1v) is 6.39. The van der Waals surface area contributed by atoms with Gasteiger partial charge in [0.2, 0.25) is 0 Å². The Kier molecular flexibility index (Phi) is 4.57. The molecule has 0 aliphatic heterocycles. The van der Waals surface area contributed by atoms with Crippen molar-refractivity contribution in [1.29, 1.82) is 0 Å². The predicted octanol–water partition coefficient (Wildman–Crippen LogP) is 4.25. The smallest absolute Gasteiger partial charge is 0.141 e.